The zero-order valence-electron chi connectivity index (χ0n) is 16.6. The Labute approximate surface area is 169 Å². The predicted octanol–water partition coefficient (Wildman–Crippen LogP) is 6.22. The molecule has 0 unspecified atom stereocenters. The summed E-state index contributed by atoms with van der Waals surface area (Å²) in [6.07, 6.45) is 0. The molecule has 1 aromatic heterocycles. The molecule has 4 rings (SSSR count). The first kappa shape index (κ1) is 18.8. The van der Waals surface area contributed by atoms with Crippen molar-refractivity contribution in [2.24, 2.45) is 0 Å². The van der Waals surface area contributed by atoms with E-state index in [0.717, 1.165) is 27.8 Å². The topological polar surface area (TPSA) is 42.0 Å². The number of aryl methyl sites for hydroxylation is 3. The van der Waals surface area contributed by atoms with E-state index in [0.29, 0.717) is 22.3 Å². The van der Waals surface area contributed by atoms with Gasteiger partial charge in [-0.3, -0.25) is 4.79 Å². The van der Waals surface area contributed by atoms with Crippen LogP contribution in [-0.4, -0.2) is 10.9 Å². The average Bonchev–Trinajstić information content (AvgIpc) is 2.70. The van der Waals surface area contributed by atoms with E-state index in [4.69, 9.17) is 0 Å². The van der Waals surface area contributed by atoms with Crippen molar-refractivity contribution >= 4 is 22.5 Å². The lowest BCUT2D eigenvalue weighted by Gasteiger charge is -2.12. The van der Waals surface area contributed by atoms with Gasteiger partial charge in [0.05, 0.1) is 16.8 Å². The van der Waals surface area contributed by atoms with E-state index in [1.54, 1.807) is 24.3 Å². The summed E-state index contributed by atoms with van der Waals surface area (Å²) in [5, 5.41) is 3.71. The summed E-state index contributed by atoms with van der Waals surface area (Å²) < 4.78 is 14.4. The molecular weight excluding hydrogens is 363 g/mol. The zero-order valence-corrected chi connectivity index (χ0v) is 16.6. The first-order chi connectivity index (χ1) is 13.9. The summed E-state index contributed by atoms with van der Waals surface area (Å²) in [7, 11) is 0. The highest BCUT2D eigenvalue weighted by molar-refractivity contribution is 6.13. The molecule has 0 saturated carbocycles. The van der Waals surface area contributed by atoms with Crippen LogP contribution in [0.15, 0.2) is 66.7 Å². The Kier molecular flexibility index (Phi) is 4.85. The average molecular weight is 384 g/mol. The molecule has 0 radical (unpaired) electrons. The van der Waals surface area contributed by atoms with E-state index in [9.17, 15) is 9.18 Å². The Morgan fingerprint density at radius 2 is 1.69 bits per heavy atom. The number of hydrogen-bond donors (Lipinski definition) is 1. The Morgan fingerprint density at radius 1 is 0.897 bits per heavy atom. The van der Waals surface area contributed by atoms with Gasteiger partial charge >= 0.3 is 0 Å². The van der Waals surface area contributed by atoms with E-state index in [1.165, 1.54) is 6.07 Å². The Bertz CT molecular complexity index is 1250. The summed E-state index contributed by atoms with van der Waals surface area (Å²) in [5.74, 6) is -0.615. The van der Waals surface area contributed by atoms with Gasteiger partial charge in [-0.2, -0.15) is 0 Å². The highest BCUT2D eigenvalue weighted by Gasteiger charge is 2.16. The molecule has 3 aromatic carbocycles. The van der Waals surface area contributed by atoms with Crippen LogP contribution >= 0.6 is 0 Å². The molecule has 0 aliphatic rings. The number of anilines is 1. The summed E-state index contributed by atoms with van der Waals surface area (Å²) >= 11 is 0. The normalized spacial score (nSPS) is 10.9. The number of aromatic nitrogens is 1. The smallest absolute Gasteiger partial charge is 0.256 e. The fourth-order valence-corrected chi connectivity index (χ4v) is 3.35. The van der Waals surface area contributed by atoms with E-state index in [-0.39, 0.29) is 11.7 Å². The minimum Gasteiger partial charge on any atom is -0.322 e. The molecule has 1 N–H and O–H groups in total. The van der Waals surface area contributed by atoms with Gasteiger partial charge in [0.25, 0.3) is 5.91 Å². The minimum atomic E-state index is -0.369. The van der Waals surface area contributed by atoms with Crippen molar-refractivity contribution < 1.29 is 9.18 Å². The largest absolute Gasteiger partial charge is 0.322 e. The molecule has 0 bridgehead atoms. The number of carbonyl (C=O) groups excluding carboxylic acids is 1. The Balaban J connectivity index is 1.84. The van der Waals surface area contributed by atoms with Gasteiger partial charge in [0, 0.05) is 16.6 Å². The van der Waals surface area contributed by atoms with Gasteiger partial charge in [0.1, 0.15) is 5.82 Å². The maximum atomic E-state index is 14.4. The first-order valence-electron chi connectivity index (χ1n) is 9.47. The van der Waals surface area contributed by atoms with Gasteiger partial charge in [-0.05, 0) is 74.4 Å². The number of nitrogens with zero attached hydrogens (tertiary/aromatic N) is 1. The van der Waals surface area contributed by atoms with Gasteiger partial charge in [0.2, 0.25) is 0 Å². The lowest BCUT2D eigenvalue weighted by Crippen LogP contribution is -2.13. The van der Waals surface area contributed by atoms with Crippen molar-refractivity contribution in [2.45, 2.75) is 20.8 Å². The summed E-state index contributed by atoms with van der Waals surface area (Å²) in [5.41, 5.74) is 5.94. The van der Waals surface area contributed by atoms with Gasteiger partial charge < -0.3 is 5.32 Å². The van der Waals surface area contributed by atoms with Crippen LogP contribution in [0.4, 0.5) is 10.1 Å². The number of rotatable bonds is 3. The molecule has 0 saturated heterocycles. The minimum absolute atomic E-state index is 0.246. The Morgan fingerprint density at radius 3 is 2.45 bits per heavy atom. The van der Waals surface area contributed by atoms with Crippen LogP contribution in [0.25, 0.3) is 22.2 Å². The number of fused-ring (bicyclic) bond motifs is 1. The second-order valence-corrected chi connectivity index (χ2v) is 7.31. The van der Waals surface area contributed by atoms with Crippen molar-refractivity contribution in [3.63, 3.8) is 0 Å². The van der Waals surface area contributed by atoms with Crippen molar-refractivity contribution in [1.29, 1.82) is 0 Å². The number of halogens is 1. The zero-order chi connectivity index (χ0) is 20.5. The SMILES string of the molecule is Cc1ccc2nc(-c3ccccc3F)cc(C(=O)Nc3ccc(C)c(C)c3)c2c1. The highest BCUT2D eigenvalue weighted by atomic mass is 19.1. The molecule has 0 aliphatic carbocycles. The second kappa shape index (κ2) is 7.47. The van der Waals surface area contributed by atoms with Crippen LogP contribution in [0.1, 0.15) is 27.0 Å². The predicted molar refractivity (Wildman–Crippen MR) is 116 cm³/mol. The number of hydrogen-bond acceptors (Lipinski definition) is 2. The highest BCUT2D eigenvalue weighted by Crippen LogP contribution is 2.28. The fourth-order valence-electron chi connectivity index (χ4n) is 3.35. The van der Waals surface area contributed by atoms with E-state index >= 15 is 0 Å². The number of amides is 1. The third kappa shape index (κ3) is 3.74. The number of pyridine rings is 1. The standard InChI is InChI=1S/C25H21FN2O/c1-15-8-11-23-20(12-15)21(14-24(28-23)19-6-4-5-7-22(19)26)25(29)27-18-10-9-16(2)17(3)13-18/h4-14H,1-3H3,(H,27,29). The van der Waals surface area contributed by atoms with Gasteiger partial charge in [0.15, 0.2) is 0 Å². The number of carbonyl (C=O) groups is 1. The number of benzene rings is 3. The van der Waals surface area contributed by atoms with Crippen molar-refractivity contribution in [2.75, 3.05) is 5.32 Å². The molecule has 29 heavy (non-hydrogen) atoms. The van der Waals surface area contributed by atoms with Gasteiger partial charge in [-0.15, -0.1) is 0 Å². The summed E-state index contributed by atoms with van der Waals surface area (Å²) in [6, 6.07) is 19.7. The lowest BCUT2D eigenvalue weighted by atomic mass is 10.0. The van der Waals surface area contributed by atoms with Gasteiger partial charge in [-0.25, -0.2) is 9.37 Å². The molecule has 3 nitrogen and oxygen atoms in total. The summed E-state index contributed by atoms with van der Waals surface area (Å²) in [4.78, 5) is 17.8. The van der Waals surface area contributed by atoms with Crippen LogP contribution in [0.5, 0.6) is 0 Å². The van der Waals surface area contributed by atoms with Crippen LogP contribution < -0.4 is 5.32 Å². The molecule has 0 fully saturated rings. The molecule has 0 spiro atoms. The lowest BCUT2D eigenvalue weighted by molar-refractivity contribution is 0.102. The molecule has 4 heteroatoms. The van der Waals surface area contributed by atoms with Crippen molar-refractivity contribution in [3.05, 3.63) is 94.8 Å². The van der Waals surface area contributed by atoms with E-state index in [1.807, 2.05) is 57.2 Å². The third-order valence-electron chi connectivity index (χ3n) is 5.12. The molecule has 4 aromatic rings. The monoisotopic (exact) mass is 384 g/mol. The maximum absolute atomic E-state index is 14.4. The second-order valence-electron chi connectivity index (χ2n) is 7.31. The van der Waals surface area contributed by atoms with Crippen molar-refractivity contribution in [1.82, 2.24) is 4.98 Å². The van der Waals surface area contributed by atoms with Crippen LogP contribution in [0.2, 0.25) is 0 Å². The van der Waals surface area contributed by atoms with Gasteiger partial charge in [-0.1, -0.05) is 29.8 Å². The Hall–Kier alpha value is -3.53. The maximum Gasteiger partial charge on any atom is 0.256 e. The molecule has 1 amide bonds. The quantitative estimate of drug-likeness (QED) is 0.456. The van der Waals surface area contributed by atoms with Crippen LogP contribution in [-0.2, 0) is 0 Å². The molecule has 1 heterocycles. The van der Waals surface area contributed by atoms with E-state index < -0.39 is 0 Å². The fraction of sp³-hybridized carbons (Fsp3) is 0.120. The molecular formula is C25H21FN2O. The molecule has 144 valence electrons. The third-order valence-corrected chi connectivity index (χ3v) is 5.12. The number of nitrogens with one attached hydrogen (secondary N) is 1. The molecule has 0 atom stereocenters. The van der Waals surface area contributed by atoms with Crippen LogP contribution in [0, 0.1) is 26.6 Å². The summed E-state index contributed by atoms with van der Waals surface area (Å²) in [6.45, 7) is 6.00. The van der Waals surface area contributed by atoms with E-state index in [2.05, 4.69) is 10.3 Å². The van der Waals surface area contributed by atoms with Crippen molar-refractivity contribution in [3.8, 4) is 11.3 Å². The first-order valence-corrected chi connectivity index (χ1v) is 9.47. The van der Waals surface area contributed by atoms with Crippen LogP contribution in [0.3, 0.4) is 0 Å². The molecule has 0 aliphatic heterocycles.